The largest absolute Gasteiger partial charge is 0.444 e. The van der Waals surface area contributed by atoms with Gasteiger partial charge in [0, 0.05) is 32.1 Å². The third kappa shape index (κ3) is 11.0. The third-order valence-corrected chi connectivity index (χ3v) is 11.1. The number of nitrogens with zero attached hydrogens (tertiary/aromatic N) is 3. The molecule has 4 atom stereocenters. The molecule has 0 bridgehead atoms. The summed E-state index contributed by atoms with van der Waals surface area (Å²) in [6.07, 6.45) is 2.12. The van der Waals surface area contributed by atoms with E-state index in [9.17, 15) is 24.3 Å². The Labute approximate surface area is 317 Å². The summed E-state index contributed by atoms with van der Waals surface area (Å²) in [6.45, 7) is 16.6. The number of β-amino-alcohol motifs (C(OH)–C–C–N with tert-alkyl or cyclic N) is 1. The van der Waals surface area contributed by atoms with E-state index in [0.717, 1.165) is 47.4 Å². The van der Waals surface area contributed by atoms with Gasteiger partial charge in [-0.2, -0.15) is 0 Å². The molecule has 1 saturated carbocycles. The number of thiazole rings is 1. The van der Waals surface area contributed by atoms with Crippen molar-refractivity contribution in [2.24, 2.45) is 5.41 Å². The maximum Gasteiger partial charge on any atom is 0.407 e. The zero-order valence-corrected chi connectivity index (χ0v) is 33.3. The normalized spacial score (nSPS) is 23.8. The van der Waals surface area contributed by atoms with Gasteiger partial charge in [-0.05, 0) is 76.8 Å². The third-order valence-electron chi connectivity index (χ3n) is 10.2. The summed E-state index contributed by atoms with van der Waals surface area (Å²) in [6, 6.07) is 5.95. The molecule has 53 heavy (non-hydrogen) atoms. The summed E-state index contributed by atoms with van der Waals surface area (Å²) >= 11 is 1.58. The highest BCUT2D eigenvalue weighted by molar-refractivity contribution is 7.13. The highest BCUT2D eigenvalue weighted by atomic mass is 32.1. The van der Waals surface area contributed by atoms with Crippen molar-refractivity contribution in [2.45, 2.75) is 136 Å². The first-order valence-electron chi connectivity index (χ1n) is 18.8. The Bertz CT molecular complexity index is 1590. The van der Waals surface area contributed by atoms with E-state index < -0.39 is 35.3 Å². The lowest BCUT2D eigenvalue weighted by Gasteiger charge is -2.40. The Morgan fingerprint density at radius 3 is 2.23 bits per heavy atom. The molecule has 0 radical (unpaired) electrons. The molecule has 4 amide bonds. The lowest BCUT2D eigenvalue weighted by atomic mass is 9.85. The molecule has 14 heteroatoms. The molecule has 13 nitrogen and oxygen atoms in total. The number of aryl methyl sites for hydroxylation is 1. The molecule has 2 aromatic rings. The summed E-state index contributed by atoms with van der Waals surface area (Å²) in [5.74, 6) is -0.990. The van der Waals surface area contributed by atoms with Gasteiger partial charge in [0.15, 0.2) is 0 Å². The van der Waals surface area contributed by atoms with Crippen LogP contribution in [0.1, 0.15) is 97.9 Å². The van der Waals surface area contributed by atoms with Gasteiger partial charge >= 0.3 is 6.09 Å². The molecule has 4 N–H and O–H groups in total. The molecule has 1 aromatic heterocycles. The van der Waals surface area contributed by atoms with E-state index in [0.29, 0.717) is 13.1 Å². The topological polar surface area (TPSA) is 162 Å². The van der Waals surface area contributed by atoms with Gasteiger partial charge in [0.05, 0.1) is 47.0 Å². The van der Waals surface area contributed by atoms with Crippen LogP contribution in [0, 0.1) is 12.3 Å². The Balaban J connectivity index is 1.09. The van der Waals surface area contributed by atoms with Crippen LogP contribution in [0.5, 0.6) is 0 Å². The second kappa shape index (κ2) is 16.8. The molecule has 0 spiro atoms. The number of piperidine rings is 1. The highest BCUT2D eigenvalue weighted by Gasteiger charge is 2.45. The molecular formula is C39H58N6O7S. The number of likely N-dealkylation sites (tertiary alicyclic amines) is 2. The summed E-state index contributed by atoms with van der Waals surface area (Å²) in [5.41, 5.74) is 3.59. The predicted molar refractivity (Wildman–Crippen MR) is 203 cm³/mol. The smallest absolute Gasteiger partial charge is 0.407 e. The molecule has 292 valence electrons. The van der Waals surface area contributed by atoms with E-state index in [1.807, 2.05) is 85.2 Å². The van der Waals surface area contributed by atoms with Crippen molar-refractivity contribution in [3.05, 3.63) is 41.0 Å². The average Bonchev–Trinajstić information content (AvgIpc) is 3.67. The maximum absolute atomic E-state index is 14.1. The monoisotopic (exact) mass is 754 g/mol. The number of rotatable bonds is 11. The summed E-state index contributed by atoms with van der Waals surface area (Å²) < 4.78 is 11.6. The summed E-state index contributed by atoms with van der Waals surface area (Å²) in [5, 5.41) is 19.5. The van der Waals surface area contributed by atoms with Crippen LogP contribution in [0.4, 0.5) is 4.79 Å². The van der Waals surface area contributed by atoms with E-state index in [1.54, 1.807) is 11.3 Å². The van der Waals surface area contributed by atoms with Gasteiger partial charge in [0.2, 0.25) is 17.7 Å². The van der Waals surface area contributed by atoms with Crippen molar-refractivity contribution < 1.29 is 33.8 Å². The predicted octanol–water partition coefficient (Wildman–Crippen LogP) is 4.33. The molecular weight excluding hydrogens is 697 g/mol. The summed E-state index contributed by atoms with van der Waals surface area (Å²) in [4.78, 5) is 62.0. The van der Waals surface area contributed by atoms with Gasteiger partial charge < -0.3 is 35.4 Å². The minimum Gasteiger partial charge on any atom is -0.444 e. The summed E-state index contributed by atoms with van der Waals surface area (Å²) in [7, 11) is 0. The molecule has 1 aromatic carbocycles. The van der Waals surface area contributed by atoms with Crippen molar-refractivity contribution in [2.75, 3.05) is 26.2 Å². The molecule has 3 heterocycles. The van der Waals surface area contributed by atoms with Crippen LogP contribution < -0.4 is 16.0 Å². The van der Waals surface area contributed by atoms with Crippen molar-refractivity contribution in [3.8, 4) is 10.4 Å². The Hall–Kier alpha value is -3.59. The van der Waals surface area contributed by atoms with Crippen LogP contribution in [-0.2, 0) is 23.9 Å². The van der Waals surface area contributed by atoms with E-state index in [1.165, 1.54) is 4.90 Å². The van der Waals surface area contributed by atoms with Crippen molar-refractivity contribution in [1.82, 2.24) is 30.7 Å². The van der Waals surface area contributed by atoms with Crippen LogP contribution in [0.2, 0.25) is 0 Å². The molecule has 5 rings (SSSR count). The number of nitrogens with one attached hydrogen (secondary N) is 3. The van der Waals surface area contributed by atoms with Crippen molar-refractivity contribution in [3.63, 3.8) is 0 Å². The van der Waals surface area contributed by atoms with Gasteiger partial charge in [-0.25, -0.2) is 9.78 Å². The van der Waals surface area contributed by atoms with Gasteiger partial charge in [-0.1, -0.05) is 45.0 Å². The number of benzene rings is 1. The number of ether oxygens (including phenoxy) is 2. The Morgan fingerprint density at radius 2 is 1.64 bits per heavy atom. The SMILES string of the molecule is Cc1ncsc1-c1ccc([C@H](C)NC(=O)[C@@H]2C[C@@H](O)CN2C(=O)[C@@H](NC(=O)CN2CCC(OC3CC(NC(=O)OC(C)(C)C)C3)CC2)C(C)(C)C)cc1. The fourth-order valence-electron chi connectivity index (χ4n) is 7.17. The molecule has 1 aliphatic carbocycles. The van der Waals surface area contributed by atoms with E-state index in [-0.39, 0.29) is 61.5 Å². The first-order valence-corrected chi connectivity index (χ1v) is 19.7. The fourth-order valence-corrected chi connectivity index (χ4v) is 7.98. The van der Waals surface area contributed by atoms with Gasteiger partial charge in [0.25, 0.3) is 0 Å². The van der Waals surface area contributed by atoms with Gasteiger partial charge in [0.1, 0.15) is 17.7 Å². The van der Waals surface area contributed by atoms with Crippen molar-refractivity contribution >= 4 is 35.2 Å². The highest BCUT2D eigenvalue weighted by Crippen LogP contribution is 2.31. The molecule has 0 unspecified atom stereocenters. The van der Waals surface area contributed by atoms with Gasteiger partial charge in [-0.15, -0.1) is 11.3 Å². The number of carbonyl (C=O) groups excluding carboxylic acids is 4. The zero-order valence-electron chi connectivity index (χ0n) is 32.4. The number of aromatic nitrogens is 1. The first-order chi connectivity index (χ1) is 24.9. The quantitative estimate of drug-likeness (QED) is 0.262. The zero-order chi connectivity index (χ0) is 38.7. The molecule has 2 aliphatic heterocycles. The van der Waals surface area contributed by atoms with E-state index >= 15 is 0 Å². The lowest BCUT2D eigenvalue weighted by Crippen LogP contribution is -2.59. The molecule has 2 saturated heterocycles. The number of aliphatic hydroxyl groups is 1. The first kappa shape index (κ1) is 40.6. The van der Waals surface area contributed by atoms with E-state index in [2.05, 4.69) is 25.8 Å². The number of aliphatic hydroxyl groups excluding tert-OH is 1. The number of alkyl carbamates (subject to hydrolysis) is 1. The average molecular weight is 755 g/mol. The standard InChI is InChI=1S/C39H58N6O7S/c1-23(25-9-11-26(12-10-25)33-24(2)40-22-53-33)41-35(48)31-19-28(46)20-45(31)36(49)34(38(3,4)5)43-32(47)21-44-15-13-29(14-16-44)51-30-17-27(18-30)42-37(50)52-39(6,7)8/h9-12,22-23,27-31,34,46H,13-21H2,1-8H3,(H,41,48)(H,42,50)(H,43,47)/t23-,27?,28+,30?,31-,34+/m0/s1. The van der Waals surface area contributed by atoms with Crippen LogP contribution in [0.15, 0.2) is 29.8 Å². The number of carbonyl (C=O) groups is 4. The molecule has 3 fully saturated rings. The molecule has 3 aliphatic rings. The number of amides is 4. The van der Waals surface area contributed by atoms with Crippen LogP contribution in [-0.4, -0.2) is 112 Å². The van der Waals surface area contributed by atoms with Crippen LogP contribution in [0.25, 0.3) is 10.4 Å². The minimum absolute atomic E-state index is 0.0168. The Morgan fingerprint density at radius 1 is 0.981 bits per heavy atom. The second-order valence-electron chi connectivity index (χ2n) is 16.9. The van der Waals surface area contributed by atoms with Crippen molar-refractivity contribution in [1.29, 1.82) is 0 Å². The van der Waals surface area contributed by atoms with Gasteiger partial charge in [-0.3, -0.25) is 19.3 Å². The maximum atomic E-state index is 14.1. The van der Waals surface area contributed by atoms with E-state index in [4.69, 9.17) is 9.47 Å². The lowest BCUT2D eigenvalue weighted by molar-refractivity contribution is -0.144. The number of hydrogen-bond acceptors (Lipinski definition) is 10. The van der Waals surface area contributed by atoms with Crippen LogP contribution in [0.3, 0.4) is 0 Å². The Kier molecular flexibility index (Phi) is 12.9. The minimum atomic E-state index is -0.891. The van der Waals surface area contributed by atoms with Crippen LogP contribution >= 0.6 is 11.3 Å². The second-order valence-corrected chi connectivity index (χ2v) is 17.8. The number of hydrogen-bond donors (Lipinski definition) is 4. The fraction of sp³-hybridized carbons (Fsp3) is 0.667.